The van der Waals surface area contributed by atoms with E-state index in [4.69, 9.17) is 14.2 Å². The largest absolute Gasteiger partial charge is 0.490 e. The molecule has 0 unspecified atom stereocenters. The Labute approximate surface area is 176 Å². The van der Waals surface area contributed by atoms with Crippen molar-refractivity contribution in [3.63, 3.8) is 0 Å². The highest BCUT2D eigenvalue weighted by Crippen LogP contribution is 2.42. The molecule has 2 N–H and O–H groups in total. The summed E-state index contributed by atoms with van der Waals surface area (Å²) in [6, 6.07) is 10.2. The first-order valence-corrected chi connectivity index (χ1v) is 10.5. The summed E-state index contributed by atoms with van der Waals surface area (Å²) in [4.78, 5) is 12.4. The molecule has 0 radical (unpaired) electrons. The number of ether oxygens (including phenoxy) is 3. The maximum absolute atomic E-state index is 6.28. The zero-order valence-electron chi connectivity index (χ0n) is 17.6. The molecule has 2 aromatic heterocycles. The Morgan fingerprint density at radius 2 is 2.07 bits per heavy atom. The highest BCUT2D eigenvalue weighted by Gasteiger charge is 2.34. The van der Waals surface area contributed by atoms with E-state index in [9.17, 15) is 0 Å². The fourth-order valence-electron chi connectivity index (χ4n) is 3.86. The van der Waals surface area contributed by atoms with Crippen LogP contribution < -0.4 is 10.1 Å². The Bertz CT molecular complexity index is 1040. The number of nitrogens with zero attached hydrogens (tertiary/aromatic N) is 2. The van der Waals surface area contributed by atoms with E-state index in [1.54, 1.807) is 13.4 Å². The fraction of sp³-hybridized carbons (Fsp3) is 0.478. The van der Waals surface area contributed by atoms with Crippen molar-refractivity contribution in [1.29, 1.82) is 0 Å². The molecular formula is C23H28N4O3. The van der Waals surface area contributed by atoms with Crippen LogP contribution in [0.1, 0.15) is 49.9 Å². The Morgan fingerprint density at radius 1 is 1.23 bits per heavy atom. The summed E-state index contributed by atoms with van der Waals surface area (Å²) in [5.74, 6) is 2.31. The van der Waals surface area contributed by atoms with Gasteiger partial charge in [0.05, 0.1) is 23.6 Å². The van der Waals surface area contributed by atoms with E-state index < -0.39 is 0 Å². The van der Waals surface area contributed by atoms with E-state index in [1.807, 2.05) is 32.0 Å². The number of nitrogens with one attached hydrogen (secondary N) is 2. The average molecular weight is 409 g/mol. The van der Waals surface area contributed by atoms with E-state index in [2.05, 4.69) is 32.4 Å². The maximum atomic E-state index is 6.28. The lowest BCUT2D eigenvalue weighted by Gasteiger charge is -2.36. The van der Waals surface area contributed by atoms with Crippen LogP contribution in [0.2, 0.25) is 0 Å². The van der Waals surface area contributed by atoms with E-state index >= 15 is 0 Å². The molecule has 5 rings (SSSR count). The van der Waals surface area contributed by atoms with Crippen molar-refractivity contribution >= 4 is 16.9 Å². The molecule has 0 spiro atoms. The number of hydrogen-bond donors (Lipinski definition) is 2. The maximum Gasteiger partial charge on any atom is 0.143 e. The number of benzene rings is 1. The van der Waals surface area contributed by atoms with Gasteiger partial charge in [0, 0.05) is 18.4 Å². The lowest BCUT2D eigenvalue weighted by molar-refractivity contribution is -0.0914. The summed E-state index contributed by atoms with van der Waals surface area (Å²) in [5.41, 5.74) is 2.81. The minimum absolute atomic E-state index is 0.0972. The summed E-state index contributed by atoms with van der Waals surface area (Å²) in [6.07, 6.45) is 3.90. The van der Waals surface area contributed by atoms with Gasteiger partial charge in [0.2, 0.25) is 0 Å². The third-order valence-corrected chi connectivity index (χ3v) is 5.98. The van der Waals surface area contributed by atoms with Gasteiger partial charge in [-0.1, -0.05) is 18.2 Å². The quantitative estimate of drug-likeness (QED) is 0.610. The molecule has 1 fully saturated rings. The third kappa shape index (κ3) is 3.75. The van der Waals surface area contributed by atoms with Crippen molar-refractivity contribution in [3.8, 4) is 5.75 Å². The molecule has 3 heterocycles. The van der Waals surface area contributed by atoms with Crippen LogP contribution >= 0.6 is 0 Å². The summed E-state index contributed by atoms with van der Waals surface area (Å²) in [5, 5.41) is 4.65. The molecule has 1 saturated carbocycles. The van der Waals surface area contributed by atoms with Gasteiger partial charge in [0.15, 0.2) is 0 Å². The van der Waals surface area contributed by atoms with Crippen LogP contribution in [0, 0.1) is 0 Å². The minimum Gasteiger partial charge on any atom is -0.490 e. The van der Waals surface area contributed by atoms with Crippen molar-refractivity contribution in [2.45, 2.75) is 50.4 Å². The van der Waals surface area contributed by atoms with Gasteiger partial charge >= 0.3 is 0 Å². The third-order valence-electron chi connectivity index (χ3n) is 5.98. The SMILES string of the molecule is COC(C)(C)CO[C@H]1COc2ccccc2[C@@H]1Nc1ncnc2[nH]c(C3CC3)cc12. The monoisotopic (exact) mass is 408 g/mol. The molecule has 0 saturated heterocycles. The Morgan fingerprint density at radius 3 is 2.87 bits per heavy atom. The van der Waals surface area contributed by atoms with E-state index in [1.165, 1.54) is 18.5 Å². The van der Waals surface area contributed by atoms with Gasteiger partial charge in [-0.05, 0) is 44.7 Å². The van der Waals surface area contributed by atoms with E-state index in [0.717, 1.165) is 28.2 Å². The van der Waals surface area contributed by atoms with Gasteiger partial charge in [-0.2, -0.15) is 0 Å². The highest BCUT2D eigenvalue weighted by molar-refractivity contribution is 5.88. The first kappa shape index (κ1) is 19.3. The molecule has 158 valence electrons. The summed E-state index contributed by atoms with van der Waals surface area (Å²) in [7, 11) is 1.70. The number of hydrogen-bond acceptors (Lipinski definition) is 6. The summed E-state index contributed by atoms with van der Waals surface area (Å²) >= 11 is 0. The zero-order chi connectivity index (χ0) is 20.7. The highest BCUT2D eigenvalue weighted by atomic mass is 16.6. The number of fused-ring (bicyclic) bond motifs is 2. The Hall–Kier alpha value is -2.64. The van der Waals surface area contributed by atoms with Gasteiger partial charge < -0.3 is 24.5 Å². The van der Waals surface area contributed by atoms with Gasteiger partial charge in [-0.25, -0.2) is 9.97 Å². The molecule has 2 aliphatic rings. The van der Waals surface area contributed by atoms with Gasteiger partial charge in [0.25, 0.3) is 0 Å². The van der Waals surface area contributed by atoms with Crippen molar-refractivity contribution < 1.29 is 14.2 Å². The first-order chi connectivity index (χ1) is 14.5. The standard InChI is InChI=1S/C23H28N4O3/c1-23(2,28-3)12-30-19-11-29-18-7-5-4-6-15(18)20(19)27-22-16-10-17(14-8-9-14)26-21(16)24-13-25-22/h4-7,10,13-14,19-20H,8-9,11-12H2,1-3H3,(H2,24,25,26,27)/t19-,20-/m0/s1. The van der Waals surface area contributed by atoms with Gasteiger partial charge in [-0.15, -0.1) is 0 Å². The molecule has 2 atom stereocenters. The van der Waals surface area contributed by atoms with Crippen molar-refractivity contribution in [2.75, 3.05) is 25.6 Å². The Balaban J connectivity index is 1.47. The summed E-state index contributed by atoms with van der Waals surface area (Å²) < 4.78 is 17.8. The van der Waals surface area contributed by atoms with Crippen LogP contribution in [0.4, 0.5) is 5.82 Å². The van der Waals surface area contributed by atoms with Crippen molar-refractivity contribution in [1.82, 2.24) is 15.0 Å². The number of anilines is 1. The molecule has 1 aliphatic heterocycles. The number of aromatic amines is 1. The van der Waals surface area contributed by atoms with E-state index in [0.29, 0.717) is 19.1 Å². The molecule has 1 aliphatic carbocycles. The number of aromatic nitrogens is 3. The number of rotatable bonds is 7. The molecule has 0 amide bonds. The zero-order valence-corrected chi connectivity index (χ0v) is 17.6. The van der Waals surface area contributed by atoms with Crippen molar-refractivity contribution in [2.24, 2.45) is 0 Å². The smallest absolute Gasteiger partial charge is 0.143 e. The lowest BCUT2D eigenvalue weighted by Crippen LogP contribution is -2.41. The molecular weight excluding hydrogens is 380 g/mol. The second-order valence-electron chi connectivity index (χ2n) is 8.77. The number of H-pyrrole nitrogens is 1. The molecule has 30 heavy (non-hydrogen) atoms. The predicted molar refractivity (Wildman–Crippen MR) is 115 cm³/mol. The second kappa shape index (κ2) is 7.56. The van der Waals surface area contributed by atoms with Crippen molar-refractivity contribution in [3.05, 3.63) is 47.9 Å². The average Bonchev–Trinajstić information content (AvgIpc) is 3.52. The van der Waals surface area contributed by atoms with Crippen LogP contribution in [-0.2, 0) is 9.47 Å². The normalized spacial score (nSPS) is 21.3. The molecule has 3 aromatic rings. The molecule has 1 aromatic carbocycles. The van der Waals surface area contributed by atoms with Crippen LogP contribution in [0.5, 0.6) is 5.75 Å². The molecule has 7 nitrogen and oxygen atoms in total. The van der Waals surface area contributed by atoms with Crippen LogP contribution in [-0.4, -0.2) is 47.0 Å². The van der Waals surface area contributed by atoms with Crippen LogP contribution in [0.25, 0.3) is 11.0 Å². The Kier molecular flexibility index (Phi) is 4.87. The lowest BCUT2D eigenvalue weighted by atomic mass is 9.97. The number of para-hydroxylation sites is 1. The topological polar surface area (TPSA) is 81.3 Å². The molecule has 7 heteroatoms. The number of methoxy groups -OCH3 is 1. The fourth-order valence-corrected chi connectivity index (χ4v) is 3.86. The van der Waals surface area contributed by atoms with Crippen LogP contribution in [0.15, 0.2) is 36.7 Å². The first-order valence-electron chi connectivity index (χ1n) is 10.5. The predicted octanol–water partition coefficient (Wildman–Crippen LogP) is 4.19. The van der Waals surface area contributed by atoms with Gasteiger partial charge in [-0.3, -0.25) is 0 Å². The second-order valence-corrected chi connectivity index (χ2v) is 8.77. The van der Waals surface area contributed by atoms with E-state index in [-0.39, 0.29) is 17.7 Å². The van der Waals surface area contributed by atoms with Gasteiger partial charge in [0.1, 0.15) is 36.3 Å². The molecule has 0 bridgehead atoms. The minimum atomic E-state index is -0.372. The van der Waals surface area contributed by atoms with Crippen LogP contribution in [0.3, 0.4) is 0 Å². The summed E-state index contributed by atoms with van der Waals surface area (Å²) in [6.45, 7) is 4.96.